The Kier molecular flexibility index (Phi) is 5.67. The molecule has 5 nitrogen and oxygen atoms in total. The van der Waals surface area contributed by atoms with Gasteiger partial charge < -0.3 is 10.4 Å². The molecular formula is C29H22N2O3. The topological polar surface area (TPSA) is 71.3 Å². The molecule has 0 aliphatic carbocycles. The minimum atomic E-state index is -0.638. The number of fused-ring (bicyclic) bond motifs is 1. The first-order valence-corrected chi connectivity index (χ1v) is 11.0. The van der Waals surface area contributed by atoms with Crippen LogP contribution in [0.1, 0.15) is 15.9 Å². The van der Waals surface area contributed by atoms with Crippen LogP contribution in [0.2, 0.25) is 0 Å². The number of hydrogen-bond donors (Lipinski definition) is 2. The maximum Gasteiger partial charge on any atom is 0.298 e. The van der Waals surface area contributed by atoms with Crippen LogP contribution in [0.25, 0.3) is 27.7 Å². The first-order chi connectivity index (χ1) is 16.6. The summed E-state index contributed by atoms with van der Waals surface area (Å²) in [4.78, 5) is 26.3. The molecule has 1 heterocycles. The SMILES string of the molecule is O=C(NCc1cccc(-c2ccccc2)c1)c1c(O)c(=O)n(-c2ccccc2)c2ccccc12. The van der Waals surface area contributed by atoms with Crippen LogP contribution in [0.3, 0.4) is 0 Å². The fourth-order valence-electron chi connectivity index (χ4n) is 4.16. The molecule has 0 spiro atoms. The maximum absolute atomic E-state index is 13.2. The molecule has 1 amide bonds. The van der Waals surface area contributed by atoms with Gasteiger partial charge in [-0.15, -0.1) is 0 Å². The van der Waals surface area contributed by atoms with Crippen LogP contribution in [0.15, 0.2) is 114 Å². The second kappa shape index (κ2) is 9.08. The summed E-state index contributed by atoms with van der Waals surface area (Å²) in [5.41, 5.74) is 3.55. The van der Waals surface area contributed by atoms with Crippen molar-refractivity contribution in [2.75, 3.05) is 0 Å². The second-order valence-electron chi connectivity index (χ2n) is 7.97. The molecule has 4 aromatic carbocycles. The lowest BCUT2D eigenvalue weighted by Crippen LogP contribution is -2.27. The van der Waals surface area contributed by atoms with E-state index < -0.39 is 17.2 Å². The standard InChI is InChI=1S/C29H22N2O3/c32-27-26(24-16-7-8-17-25(24)31(29(27)34)23-14-5-2-6-15-23)28(33)30-19-20-10-9-13-22(18-20)21-11-3-1-4-12-21/h1-18,32H,19H2,(H,30,33). The lowest BCUT2D eigenvalue weighted by atomic mass is 10.0. The Labute approximate surface area is 196 Å². The van der Waals surface area contributed by atoms with Crippen LogP contribution < -0.4 is 10.9 Å². The predicted molar refractivity (Wildman–Crippen MR) is 134 cm³/mol. The summed E-state index contributed by atoms with van der Waals surface area (Å²) in [6.07, 6.45) is 0. The second-order valence-corrected chi connectivity index (χ2v) is 7.97. The van der Waals surface area contributed by atoms with Crippen molar-refractivity contribution in [1.29, 1.82) is 0 Å². The minimum absolute atomic E-state index is 0.0213. The number of aromatic nitrogens is 1. The van der Waals surface area contributed by atoms with Crippen LogP contribution >= 0.6 is 0 Å². The van der Waals surface area contributed by atoms with E-state index in [0.717, 1.165) is 16.7 Å². The van der Waals surface area contributed by atoms with Gasteiger partial charge in [0.1, 0.15) is 0 Å². The van der Waals surface area contributed by atoms with E-state index in [0.29, 0.717) is 16.6 Å². The van der Waals surface area contributed by atoms with Gasteiger partial charge in [-0.3, -0.25) is 14.2 Å². The van der Waals surface area contributed by atoms with Gasteiger partial charge in [0.25, 0.3) is 11.5 Å². The van der Waals surface area contributed by atoms with Gasteiger partial charge in [0.05, 0.1) is 11.1 Å². The fraction of sp³-hybridized carbons (Fsp3) is 0.0345. The third-order valence-electron chi connectivity index (χ3n) is 5.79. The molecule has 5 aromatic rings. The third kappa shape index (κ3) is 3.95. The Morgan fingerprint density at radius 3 is 2.18 bits per heavy atom. The van der Waals surface area contributed by atoms with Gasteiger partial charge in [-0.25, -0.2) is 0 Å². The molecule has 0 aliphatic heterocycles. The normalized spacial score (nSPS) is 10.8. The van der Waals surface area contributed by atoms with Crippen molar-refractivity contribution in [1.82, 2.24) is 9.88 Å². The van der Waals surface area contributed by atoms with E-state index in [-0.39, 0.29) is 12.1 Å². The highest BCUT2D eigenvalue weighted by Gasteiger charge is 2.22. The van der Waals surface area contributed by atoms with Gasteiger partial charge in [-0.05, 0) is 41.0 Å². The molecule has 0 atom stereocenters. The van der Waals surface area contributed by atoms with Gasteiger partial charge >= 0.3 is 0 Å². The zero-order valence-corrected chi connectivity index (χ0v) is 18.3. The van der Waals surface area contributed by atoms with Crippen molar-refractivity contribution in [2.24, 2.45) is 0 Å². The Balaban J connectivity index is 1.49. The molecule has 166 valence electrons. The van der Waals surface area contributed by atoms with Crippen LogP contribution in [-0.4, -0.2) is 15.6 Å². The van der Waals surface area contributed by atoms with Gasteiger partial charge in [0.15, 0.2) is 5.75 Å². The number of hydrogen-bond acceptors (Lipinski definition) is 3. The summed E-state index contributed by atoms with van der Waals surface area (Å²) in [5, 5.41) is 14.2. The van der Waals surface area contributed by atoms with Crippen molar-refractivity contribution < 1.29 is 9.90 Å². The van der Waals surface area contributed by atoms with Crippen LogP contribution in [-0.2, 0) is 6.54 Å². The minimum Gasteiger partial charge on any atom is -0.502 e. The first-order valence-electron chi connectivity index (χ1n) is 11.0. The van der Waals surface area contributed by atoms with Gasteiger partial charge in [0.2, 0.25) is 0 Å². The summed E-state index contributed by atoms with van der Waals surface area (Å²) in [6, 6.07) is 34.0. The molecule has 2 N–H and O–H groups in total. The largest absolute Gasteiger partial charge is 0.502 e. The smallest absolute Gasteiger partial charge is 0.298 e. The summed E-state index contributed by atoms with van der Waals surface area (Å²) in [6.45, 7) is 0.259. The molecular weight excluding hydrogens is 424 g/mol. The third-order valence-corrected chi connectivity index (χ3v) is 5.79. The molecule has 0 aliphatic rings. The monoisotopic (exact) mass is 446 g/mol. The average molecular weight is 447 g/mol. The van der Waals surface area contributed by atoms with Crippen LogP contribution in [0.4, 0.5) is 0 Å². The summed E-state index contributed by atoms with van der Waals surface area (Å²) in [5.74, 6) is -1.07. The molecule has 5 heteroatoms. The number of benzene rings is 4. The Morgan fingerprint density at radius 2 is 1.41 bits per heavy atom. The van der Waals surface area contributed by atoms with Gasteiger partial charge in [-0.1, -0.05) is 84.9 Å². The number of carbonyl (C=O) groups excluding carboxylic acids is 1. The van der Waals surface area contributed by atoms with E-state index in [9.17, 15) is 14.7 Å². The molecule has 5 rings (SSSR count). The lowest BCUT2D eigenvalue weighted by molar-refractivity contribution is 0.0949. The maximum atomic E-state index is 13.2. The van der Waals surface area contributed by atoms with Gasteiger partial charge in [-0.2, -0.15) is 0 Å². The zero-order chi connectivity index (χ0) is 23.5. The number of nitrogens with one attached hydrogen (secondary N) is 1. The number of amides is 1. The van der Waals surface area contributed by atoms with Crippen LogP contribution in [0, 0.1) is 0 Å². The molecule has 0 saturated carbocycles. The van der Waals surface area contributed by atoms with E-state index in [1.54, 1.807) is 36.4 Å². The number of rotatable bonds is 5. The summed E-state index contributed by atoms with van der Waals surface area (Å²) in [7, 11) is 0. The molecule has 1 aromatic heterocycles. The molecule has 34 heavy (non-hydrogen) atoms. The first kappa shape index (κ1) is 21.2. The van der Waals surface area contributed by atoms with E-state index in [4.69, 9.17) is 0 Å². The number of para-hydroxylation sites is 2. The number of pyridine rings is 1. The zero-order valence-electron chi connectivity index (χ0n) is 18.3. The van der Waals surface area contributed by atoms with Gasteiger partial charge in [0, 0.05) is 17.6 Å². The number of nitrogens with zero attached hydrogens (tertiary/aromatic N) is 1. The van der Waals surface area contributed by atoms with E-state index in [1.165, 1.54) is 4.57 Å². The predicted octanol–water partition coefficient (Wildman–Crippen LogP) is 5.29. The highest BCUT2D eigenvalue weighted by molar-refractivity contribution is 6.08. The lowest BCUT2D eigenvalue weighted by Gasteiger charge is -2.15. The fourth-order valence-corrected chi connectivity index (χ4v) is 4.16. The Morgan fingerprint density at radius 1 is 0.765 bits per heavy atom. The van der Waals surface area contributed by atoms with Crippen molar-refractivity contribution in [3.8, 4) is 22.6 Å². The molecule has 0 fully saturated rings. The summed E-state index contributed by atoms with van der Waals surface area (Å²) < 4.78 is 1.42. The van der Waals surface area contributed by atoms with Crippen molar-refractivity contribution in [3.63, 3.8) is 0 Å². The summed E-state index contributed by atoms with van der Waals surface area (Å²) >= 11 is 0. The highest BCUT2D eigenvalue weighted by atomic mass is 16.3. The van der Waals surface area contributed by atoms with Crippen molar-refractivity contribution in [3.05, 3.63) is 131 Å². The van der Waals surface area contributed by atoms with E-state index in [2.05, 4.69) is 5.32 Å². The van der Waals surface area contributed by atoms with Crippen molar-refractivity contribution >= 4 is 16.8 Å². The quantitative estimate of drug-likeness (QED) is 0.385. The van der Waals surface area contributed by atoms with E-state index >= 15 is 0 Å². The van der Waals surface area contributed by atoms with E-state index in [1.807, 2.05) is 72.8 Å². The number of carbonyl (C=O) groups is 1. The Bertz CT molecular complexity index is 1540. The van der Waals surface area contributed by atoms with Crippen molar-refractivity contribution in [2.45, 2.75) is 6.54 Å². The molecule has 0 saturated heterocycles. The van der Waals surface area contributed by atoms with Crippen LogP contribution in [0.5, 0.6) is 5.75 Å². The number of aromatic hydroxyl groups is 1. The highest BCUT2D eigenvalue weighted by Crippen LogP contribution is 2.26. The average Bonchev–Trinajstić information content (AvgIpc) is 2.89. The molecule has 0 radical (unpaired) electrons. The molecule has 0 bridgehead atoms. The Hall–Kier alpha value is -4.64. The molecule has 0 unspecified atom stereocenters.